The van der Waals surface area contributed by atoms with Crippen LogP contribution in [0.1, 0.15) is 45.2 Å². The lowest BCUT2D eigenvalue weighted by Gasteiger charge is -2.06. The molecule has 18 heavy (non-hydrogen) atoms. The lowest BCUT2D eigenvalue weighted by molar-refractivity contribution is 0.574. The zero-order valence-electron chi connectivity index (χ0n) is 12.0. The minimum Gasteiger partial charge on any atom is -0.464 e. The van der Waals surface area contributed by atoms with E-state index in [2.05, 4.69) is 45.9 Å². The fourth-order valence-corrected chi connectivity index (χ4v) is 2.37. The summed E-state index contributed by atoms with van der Waals surface area (Å²) in [7, 11) is 0. The van der Waals surface area contributed by atoms with Crippen LogP contribution in [-0.4, -0.2) is 0 Å². The van der Waals surface area contributed by atoms with Crippen LogP contribution in [0.3, 0.4) is 0 Å². The third-order valence-corrected chi connectivity index (χ3v) is 3.35. The van der Waals surface area contributed by atoms with Crippen LogP contribution in [-0.2, 0) is 12.8 Å². The first-order valence-electron chi connectivity index (χ1n) is 7.05. The van der Waals surface area contributed by atoms with Crippen molar-refractivity contribution < 1.29 is 4.42 Å². The molecule has 1 heteroatoms. The summed E-state index contributed by atoms with van der Waals surface area (Å²) in [5.74, 6) is 1.45. The van der Waals surface area contributed by atoms with Gasteiger partial charge in [-0.2, -0.15) is 0 Å². The molecule has 1 nitrogen and oxygen atoms in total. The second-order valence-electron chi connectivity index (χ2n) is 6.12. The molecule has 0 aliphatic rings. The minimum absolute atomic E-state index is 0.702. The van der Waals surface area contributed by atoms with E-state index in [1.54, 1.807) is 0 Å². The molecule has 2 rings (SSSR count). The van der Waals surface area contributed by atoms with Gasteiger partial charge in [0.2, 0.25) is 0 Å². The number of rotatable bonds is 5. The summed E-state index contributed by atoms with van der Waals surface area (Å²) in [5, 5.41) is 1.31. The number of furan rings is 1. The summed E-state index contributed by atoms with van der Waals surface area (Å²) in [5.41, 5.74) is 3.82. The van der Waals surface area contributed by atoms with Crippen LogP contribution in [0, 0.1) is 11.8 Å². The van der Waals surface area contributed by atoms with Crippen LogP contribution in [0.25, 0.3) is 11.0 Å². The average molecular weight is 244 g/mol. The Kier molecular flexibility index (Phi) is 4.11. The molecule has 1 heterocycles. The molecule has 0 fully saturated rings. The van der Waals surface area contributed by atoms with E-state index in [0.717, 1.165) is 24.3 Å². The molecule has 2 aromatic rings. The normalized spacial score (nSPS) is 11.9. The smallest absolute Gasteiger partial charge is 0.134 e. The van der Waals surface area contributed by atoms with Crippen molar-refractivity contribution in [3.8, 4) is 0 Å². The molecule has 0 radical (unpaired) electrons. The topological polar surface area (TPSA) is 13.1 Å². The Bertz CT molecular complexity index is 505. The molecular formula is C17H24O. The Hall–Kier alpha value is -1.24. The van der Waals surface area contributed by atoms with E-state index in [-0.39, 0.29) is 0 Å². The predicted molar refractivity (Wildman–Crippen MR) is 77.9 cm³/mol. The van der Waals surface area contributed by atoms with Gasteiger partial charge in [-0.05, 0) is 54.4 Å². The third-order valence-electron chi connectivity index (χ3n) is 3.35. The summed E-state index contributed by atoms with van der Waals surface area (Å²) in [6, 6.07) is 6.62. The quantitative estimate of drug-likeness (QED) is 0.702. The summed E-state index contributed by atoms with van der Waals surface area (Å²) in [6.45, 7) is 9.07. The number of benzene rings is 1. The number of aryl methyl sites for hydroxylation is 1. The van der Waals surface area contributed by atoms with Gasteiger partial charge in [0.25, 0.3) is 0 Å². The molecule has 0 N–H and O–H groups in total. The highest BCUT2D eigenvalue weighted by Gasteiger charge is 2.08. The highest BCUT2D eigenvalue weighted by molar-refractivity contribution is 5.81. The van der Waals surface area contributed by atoms with E-state index in [1.807, 2.05) is 6.26 Å². The average Bonchev–Trinajstić information content (AvgIpc) is 2.68. The van der Waals surface area contributed by atoms with Crippen LogP contribution in [0.15, 0.2) is 28.9 Å². The van der Waals surface area contributed by atoms with E-state index < -0.39 is 0 Å². The molecule has 0 bridgehead atoms. The standard InChI is InChI=1S/C17H24O/c1-12(2)5-7-15-11-18-17-8-6-14(9-13(3)4)10-16(15)17/h6,8,10-13H,5,7,9H2,1-4H3. The minimum atomic E-state index is 0.702. The van der Waals surface area contributed by atoms with Crippen LogP contribution in [0.4, 0.5) is 0 Å². The van der Waals surface area contributed by atoms with E-state index in [9.17, 15) is 0 Å². The monoisotopic (exact) mass is 244 g/mol. The number of hydrogen-bond acceptors (Lipinski definition) is 1. The van der Waals surface area contributed by atoms with Crippen LogP contribution in [0.5, 0.6) is 0 Å². The van der Waals surface area contributed by atoms with Crippen molar-refractivity contribution in [2.45, 2.75) is 47.0 Å². The fourth-order valence-electron chi connectivity index (χ4n) is 2.37. The van der Waals surface area contributed by atoms with Gasteiger partial charge >= 0.3 is 0 Å². The van der Waals surface area contributed by atoms with Gasteiger partial charge in [0.05, 0.1) is 6.26 Å². The van der Waals surface area contributed by atoms with Crippen molar-refractivity contribution >= 4 is 11.0 Å². The summed E-state index contributed by atoms with van der Waals surface area (Å²) in [6.07, 6.45) is 5.43. The second kappa shape index (κ2) is 5.60. The first kappa shape index (κ1) is 13.2. The Labute approximate surface area is 110 Å². The van der Waals surface area contributed by atoms with Crippen molar-refractivity contribution in [3.05, 3.63) is 35.6 Å². The maximum Gasteiger partial charge on any atom is 0.134 e. The van der Waals surface area contributed by atoms with E-state index >= 15 is 0 Å². The van der Waals surface area contributed by atoms with Crippen molar-refractivity contribution in [1.29, 1.82) is 0 Å². The third kappa shape index (κ3) is 3.16. The van der Waals surface area contributed by atoms with Gasteiger partial charge in [-0.15, -0.1) is 0 Å². The van der Waals surface area contributed by atoms with E-state index in [1.165, 1.54) is 22.9 Å². The van der Waals surface area contributed by atoms with Gasteiger partial charge in [-0.1, -0.05) is 33.8 Å². The zero-order chi connectivity index (χ0) is 13.1. The Morgan fingerprint density at radius 3 is 2.50 bits per heavy atom. The Morgan fingerprint density at radius 1 is 1.06 bits per heavy atom. The molecule has 0 saturated heterocycles. The van der Waals surface area contributed by atoms with E-state index in [4.69, 9.17) is 4.42 Å². The molecule has 0 atom stereocenters. The van der Waals surface area contributed by atoms with E-state index in [0.29, 0.717) is 5.92 Å². The molecule has 0 aliphatic carbocycles. The van der Waals surface area contributed by atoms with Gasteiger partial charge in [0.1, 0.15) is 5.58 Å². The largest absolute Gasteiger partial charge is 0.464 e. The van der Waals surface area contributed by atoms with Crippen LogP contribution in [0.2, 0.25) is 0 Å². The van der Waals surface area contributed by atoms with Gasteiger partial charge in [-0.25, -0.2) is 0 Å². The molecule has 98 valence electrons. The SMILES string of the molecule is CC(C)CCc1coc2ccc(CC(C)C)cc12. The van der Waals surface area contributed by atoms with Gasteiger partial charge in [0.15, 0.2) is 0 Å². The van der Waals surface area contributed by atoms with Crippen LogP contribution >= 0.6 is 0 Å². The second-order valence-corrected chi connectivity index (χ2v) is 6.12. The number of hydrogen-bond donors (Lipinski definition) is 0. The maximum atomic E-state index is 5.64. The summed E-state index contributed by atoms with van der Waals surface area (Å²) in [4.78, 5) is 0. The molecule has 0 amide bonds. The predicted octanol–water partition coefficient (Wildman–Crippen LogP) is 5.22. The zero-order valence-corrected chi connectivity index (χ0v) is 12.0. The summed E-state index contributed by atoms with van der Waals surface area (Å²) >= 11 is 0. The lowest BCUT2D eigenvalue weighted by atomic mass is 9.98. The van der Waals surface area contributed by atoms with Crippen LogP contribution < -0.4 is 0 Å². The summed E-state index contributed by atoms with van der Waals surface area (Å²) < 4.78 is 5.64. The molecule has 0 saturated carbocycles. The maximum absolute atomic E-state index is 5.64. The van der Waals surface area contributed by atoms with Crippen molar-refractivity contribution in [2.75, 3.05) is 0 Å². The Balaban J connectivity index is 2.25. The highest BCUT2D eigenvalue weighted by atomic mass is 16.3. The Morgan fingerprint density at radius 2 is 1.83 bits per heavy atom. The van der Waals surface area contributed by atoms with Crippen molar-refractivity contribution in [1.82, 2.24) is 0 Å². The van der Waals surface area contributed by atoms with Crippen molar-refractivity contribution in [3.63, 3.8) is 0 Å². The van der Waals surface area contributed by atoms with Crippen molar-refractivity contribution in [2.24, 2.45) is 11.8 Å². The lowest BCUT2D eigenvalue weighted by Crippen LogP contribution is -1.94. The molecule has 0 aliphatic heterocycles. The van der Waals surface area contributed by atoms with Gasteiger partial charge in [-0.3, -0.25) is 0 Å². The van der Waals surface area contributed by atoms with Gasteiger partial charge < -0.3 is 4.42 Å². The van der Waals surface area contributed by atoms with Gasteiger partial charge in [0, 0.05) is 5.39 Å². The first-order chi connectivity index (χ1) is 8.56. The highest BCUT2D eigenvalue weighted by Crippen LogP contribution is 2.25. The molecule has 0 unspecified atom stereocenters. The number of fused-ring (bicyclic) bond motifs is 1. The molecule has 1 aromatic heterocycles. The molecule has 1 aromatic carbocycles. The fraction of sp³-hybridized carbons (Fsp3) is 0.529. The first-order valence-corrected chi connectivity index (χ1v) is 7.05. The molecular weight excluding hydrogens is 220 g/mol. The molecule has 0 spiro atoms.